The highest BCUT2D eigenvalue weighted by Crippen LogP contribution is 2.21. The van der Waals surface area contributed by atoms with E-state index in [9.17, 15) is 19.2 Å². The second-order valence-electron chi connectivity index (χ2n) is 7.30. The van der Waals surface area contributed by atoms with Gasteiger partial charge in [-0.2, -0.15) is 0 Å². The summed E-state index contributed by atoms with van der Waals surface area (Å²) >= 11 is 0. The first kappa shape index (κ1) is 21.0. The Morgan fingerprint density at radius 3 is 2.41 bits per heavy atom. The van der Waals surface area contributed by atoms with Gasteiger partial charge in [0.15, 0.2) is 0 Å². The normalized spacial score (nSPS) is 15.0. The summed E-state index contributed by atoms with van der Waals surface area (Å²) in [5.41, 5.74) is 2.41. The van der Waals surface area contributed by atoms with Gasteiger partial charge in [0.05, 0.1) is 5.70 Å². The molecule has 32 heavy (non-hydrogen) atoms. The lowest BCUT2D eigenvalue weighted by molar-refractivity contribution is -0.117. The highest BCUT2D eigenvalue weighted by Gasteiger charge is 2.28. The van der Waals surface area contributed by atoms with Crippen molar-refractivity contribution in [3.05, 3.63) is 113 Å². The van der Waals surface area contributed by atoms with Crippen LogP contribution in [-0.4, -0.2) is 28.7 Å². The van der Waals surface area contributed by atoms with Gasteiger partial charge in [-0.05, 0) is 29.8 Å². The predicted octanol–water partition coefficient (Wildman–Crippen LogP) is 3.92. The third-order valence-electron chi connectivity index (χ3n) is 5.10. The fourth-order valence-corrected chi connectivity index (χ4v) is 3.56. The van der Waals surface area contributed by atoms with Crippen LogP contribution in [-0.2, 0) is 11.2 Å². The number of oxime groups is 1. The van der Waals surface area contributed by atoms with Crippen LogP contribution in [0.3, 0.4) is 0 Å². The molecule has 1 amide bonds. The number of hydrogen-bond acceptors (Lipinski definition) is 5. The number of nitrogens with one attached hydrogen (secondary N) is 2. The molecule has 160 valence electrons. The number of benzene rings is 3. The number of nitrogens with zero attached hydrogens (tertiary/aromatic N) is 1. The molecule has 0 saturated carbocycles. The number of ketones is 1. The van der Waals surface area contributed by atoms with E-state index in [0.717, 1.165) is 5.56 Å². The van der Waals surface area contributed by atoms with Gasteiger partial charge in [-0.1, -0.05) is 65.8 Å². The molecule has 3 aromatic rings. The van der Waals surface area contributed by atoms with E-state index in [-0.39, 0.29) is 23.6 Å². The summed E-state index contributed by atoms with van der Waals surface area (Å²) in [6.07, 6.45) is 1.69. The molecular formula is C25H20FN3O3. The Labute approximate surface area is 184 Å². The number of anilines is 1. The molecule has 7 heteroatoms. The Bertz CT molecular complexity index is 1220. The van der Waals surface area contributed by atoms with Crippen LogP contribution in [0.25, 0.3) is 0 Å². The summed E-state index contributed by atoms with van der Waals surface area (Å²) in [6.45, 7) is 0. The molecule has 3 N–H and O–H groups in total. The molecule has 0 unspecified atom stereocenters. The largest absolute Gasteiger partial charge is 0.410 e. The number of hydrogen-bond donors (Lipinski definition) is 3. The van der Waals surface area contributed by atoms with Crippen molar-refractivity contribution in [2.24, 2.45) is 5.16 Å². The van der Waals surface area contributed by atoms with Crippen molar-refractivity contribution in [2.45, 2.75) is 12.5 Å². The maximum Gasteiger partial charge on any atom is 0.247 e. The van der Waals surface area contributed by atoms with E-state index in [1.54, 1.807) is 30.3 Å². The smallest absolute Gasteiger partial charge is 0.247 e. The third kappa shape index (κ3) is 4.57. The number of amides is 1. The molecule has 0 radical (unpaired) electrons. The van der Waals surface area contributed by atoms with Crippen molar-refractivity contribution in [1.29, 1.82) is 0 Å². The monoisotopic (exact) mass is 429 g/mol. The maximum atomic E-state index is 13.6. The van der Waals surface area contributed by atoms with E-state index < -0.39 is 17.8 Å². The summed E-state index contributed by atoms with van der Waals surface area (Å²) in [6, 6.07) is 20.8. The van der Waals surface area contributed by atoms with Crippen molar-refractivity contribution in [3.63, 3.8) is 0 Å². The number of halogens is 1. The fourth-order valence-electron chi connectivity index (χ4n) is 3.56. The van der Waals surface area contributed by atoms with Crippen LogP contribution in [0.2, 0.25) is 0 Å². The molecule has 0 spiro atoms. The molecule has 0 heterocycles. The van der Waals surface area contributed by atoms with Crippen LogP contribution >= 0.6 is 0 Å². The molecule has 0 aliphatic heterocycles. The van der Waals surface area contributed by atoms with Gasteiger partial charge in [0.2, 0.25) is 11.7 Å². The fraction of sp³-hybridized carbons (Fsp3) is 0.0800. The Balaban J connectivity index is 1.63. The summed E-state index contributed by atoms with van der Waals surface area (Å²) in [4.78, 5) is 26.1. The molecule has 6 nitrogen and oxygen atoms in total. The van der Waals surface area contributed by atoms with Crippen molar-refractivity contribution in [2.75, 3.05) is 5.32 Å². The van der Waals surface area contributed by atoms with E-state index in [4.69, 9.17) is 0 Å². The van der Waals surface area contributed by atoms with Crippen molar-refractivity contribution < 1.29 is 19.2 Å². The molecule has 3 aromatic carbocycles. The minimum atomic E-state index is -0.846. The van der Waals surface area contributed by atoms with Gasteiger partial charge in [0.25, 0.3) is 0 Å². The number of allylic oxidation sites excluding steroid dienone is 2. The summed E-state index contributed by atoms with van der Waals surface area (Å²) in [5, 5.41) is 18.4. The van der Waals surface area contributed by atoms with E-state index in [1.165, 1.54) is 24.3 Å². The summed E-state index contributed by atoms with van der Waals surface area (Å²) in [5.74, 6) is -1.22. The zero-order chi connectivity index (χ0) is 22.5. The lowest BCUT2D eigenvalue weighted by atomic mass is 9.91. The first-order valence-electron chi connectivity index (χ1n) is 10.00. The van der Waals surface area contributed by atoms with Crippen molar-refractivity contribution in [3.8, 4) is 0 Å². The standard InChI is InChI=1S/C25H20FN3O3/c26-17-9-6-10-18(14-17)27-25(31)23(13-16-7-2-1-3-8-16)28-22-15-21(29-32)19-11-4-5-12-20(19)24(22)30/h1-12,14-15,23,28,32H,13H2,(H,27,31)/b29-21-/t23-/m1/s1. The van der Waals surface area contributed by atoms with Gasteiger partial charge in [0.1, 0.15) is 17.6 Å². The lowest BCUT2D eigenvalue weighted by Crippen LogP contribution is -2.44. The average Bonchev–Trinajstić information content (AvgIpc) is 2.81. The Morgan fingerprint density at radius 1 is 0.969 bits per heavy atom. The number of carbonyl (C=O) groups is 2. The Hall–Kier alpha value is -4.26. The highest BCUT2D eigenvalue weighted by molar-refractivity contribution is 6.26. The second kappa shape index (κ2) is 9.26. The second-order valence-corrected chi connectivity index (χ2v) is 7.30. The molecule has 0 saturated heterocycles. The molecule has 0 aromatic heterocycles. The van der Waals surface area contributed by atoms with E-state index in [0.29, 0.717) is 16.8 Å². The van der Waals surface area contributed by atoms with Crippen LogP contribution < -0.4 is 10.6 Å². The van der Waals surface area contributed by atoms with Crippen molar-refractivity contribution in [1.82, 2.24) is 5.32 Å². The number of Topliss-reactive ketones (excluding diaryl/α,β-unsaturated/α-hetero) is 1. The molecule has 0 bridgehead atoms. The molecular weight excluding hydrogens is 409 g/mol. The van der Waals surface area contributed by atoms with Gasteiger partial charge < -0.3 is 15.8 Å². The summed E-state index contributed by atoms with van der Waals surface area (Å²) in [7, 11) is 0. The highest BCUT2D eigenvalue weighted by atomic mass is 19.1. The van der Waals surface area contributed by atoms with Gasteiger partial charge >= 0.3 is 0 Å². The number of fused-ring (bicyclic) bond motifs is 1. The minimum absolute atomic E-state index is 0.131. The maximum absolute atomic E-state index is 13.6. The minimum Gasteiger partial charge on any atom is -0.410 e. The Kier molecular flexibility index (Phi) is 6.07. The van der Waals surface area contributed by atoms with Crippen molar-refractivity contribution >= 4 is 23.1 Å². The molecule has 4 rings (SSSR count). The van der Waals surface area contributed by atoms with E-state index in [2.05, 4.69) is 15.8 Å². The summed E-state index contributed by atoms with van der Waals surface area (Å²) < 4.78 is 13.6. The molecule has 1 aliphatic rings. The van der Waals surface area contributed by atoms with E-state index >= 15 is 0 Å². The average molecular weight is 429 g/mol. The SMILES string of the molecule is O=C1C(N[C@H](Cc2ccccc2)C(=O)Nc2cccc(F)c2)=C/C(=N/O)c2ccccc21. The topological polar surface area (TPSA) is 90.8 Å². The molecule has 1 aliphatic carbocycles. The Morgan fingerprint density at radius 2 is 1.69 bits per heavy atom. The zero-order valence-corrected chi connectivity index (χ0v) is 17.0. The van der Waals surface area contributed by atoms with E-state index in [1.807, 2.05) is 30.3 Å². The molecule has 1 atom stereocenters. The predicted molar refractivity (Wildman–Crippen MR) is 119 cm³/mol. The quantitative estimate of drug-likeness (QED) is 0.409. The van der Waals surface area contributed by atoms with Gasteiger partial charge in [-0.3, -0.25) is 9.59 Å². The first-order valence-corrected chi connectivity index (χ1v) is 10.00. The molecule has 0 fully saturated rings. The van der Waals surface area contributed by atoms with Crippen LogP contribution in [0.5, 0.6) is 0 Å². The van der Waals surface area contributed by atoms with Crippen LogP contribution in [0.4, 0.5) is 10.1 Å². The third-order valence-corrected chi connectivity index (χ3v) is 5.10. The van der Waals surface area contributed by atoms with Gasteiger partial charge in [-0.15, -0.1) is 0 Å². The van der Waals surface area contributed by atoms with Crippen LogP contribution in [0.15, 0.2) is 95.8 Å². The number of carbonyl (C=O) groups excluding carboxylic acids is 2. The van der Waals surface area contributed by atoms with Gasteiger partial charge in [0, 0.05) is 23.2 Å². The van der Waals surface area contributed by atoms with Crippen LogP contribution in [0.1, 0.15) is 21.5 Å². The first-order chi connectivity index (χ1) is 15.5. The van der Waals surface area contributed by atoms with Gasteiger partial charge in [-0.25, -0.2) is 4.39 Å². The number of rotatable bonds is 6. The van der Waals surface area contributed by atoms with Crippen LogP contribution in [0, 0.1) is 5.82 Å². The lowest BCUT2D eigenvalue weighted by Gasteiger charge is -2.24. The zero-order valence-electron chi connectivity index (χ0n) is 17.0.